The van der Waals surface area contributed by atoms with E-state index in [0.29, 0.717) is 6.04 Å². The quantitative estimate of drug-likeness (QED) is 0.660. The number of carbonyl (C=O) groups excluding carboxylic acids is 1. The molecule has 1 saturated heterocycles. The Morgan fingerprint density at radius 1 is 1.37 bits per heavy atom. The highest BCUT2D eigenvalue weighted by Crippen LogP contribution is 2.16. The number of ether oxygens (including phenoxy) is 1. The van der Waals surface area contributed by atoms with E-state index in [4.69, 9.17) is 10.5 Å². The predicted molar refractivity (Wildman–Crippen MR) is 77.0 cm³/mol. The highest BCUT2D eigenvalue weighted by atomic mass is 16.5. The first kappa shape index (κ1) is 16.4. The van der Waals surface area contributed by atoms with Crippen molar-refractivity contribution in [2.45, 2.75) is 45.7 Å². The minimum Gasteiger partial charge on any atom is -0.380 e. The van der Waals surface area contributed by atoms with E-state index in [0.717, 1.165) is 52.2 Å². The molecule has 0 radical (unpaired) electrons. The molecule has 0 bridgehead atoms. The van der Waals surface area contributed by atoms with E-state index in [1.54, 1.807) is 0 Å². The molecule has 1 heterocycles. The summed E-state index contributed by atoms with van der Waals surface area (Å²) >= 11 is 0. The first-order chi connectivity index (χ1) is 9.13. The van der Waals surface area contributed by atoms with Crippen molar-refractivity contribution in [3.63, 3.8) is 0 Å². The van der Waals surface area contributed by atoms with Crippen LogP contribution in [0, 0.1) is 0 Å². The van der Waals surface area contributed by atoms with Crippen LogP contribution in [-0.4, -0.2) is 67.2 Å². The van der Waals surface area contributed by atoms with Gasteiger partial charge in [0.1, 0.15) is 0 Å². The maximum absolute atomic E-state index is 11.5. The average molecular weight is 271 g/mol. The van der Waals surface area contributed by atoms with Crippen LogP contribution in [0.15, 0.2) is 0 Å². The zero-order chi connectivity index (χ0) is 14.3. The number of rotatable bonds is 8. The largest absolute Gasteiger partial charge is 0.380 e. The average Bonchev–Trinajstić information content (AvgIpc) is 2.40. The first-order valence-corrected chi connectivity index (χ1v) is 7.49. The van der Waals surface area contributed by atoms with E-state index >= 15 is 0 Å². The summed E-state index contributed by atoms with van der Waals surface area (Å²) < 4.78 is 5.43. The van der Waals surface area contributed by atoms with Crippen LogP contribution in [0.3, 0.4) is 0 Å². The van der Waals surface area contributed by atoms with Gasteiger partial charge in [0.15, 0.2) is 0 Å². The fourth-order valence-electron chi connectivity index (χ4n) is 2.85. The maximum Gasteiger partial charge on any atom is 0.234 e. The van der Waals surface area contributed by atoms with E-state index in [2.05, 4.69) is 16.7 Å². The second-order valence-corrected chi connectivity index (χ2v) is 5.12. The van der Waals surface area contributed by atoms with Crippen LogP contribution in [-0.2, 0) is 9.53 Å². The third-order valence-corrected chi connectivity index (χ3v) is 3.99. The molecule has 5 nitrogen and oxygen atoms in total. The van der Waals surface area contributed by atoms with Gasteiger partial charge >= 0.3 is 0 Å². The maximum atomic E-state index is 11.5. The molecule has 1 rings (SSSR count). The van der Waals surface area contributed by atoms with Gasteiger partial charge in [-0.2, -0.15) is 0 Å². The lowest BCUT2D eigenvalue weighted by molar-refractivity contribution is -0.124. The van der Waals surface area contributed by atoms with Crippen LogP contribution in [0.4, 0.5) is 0 Å². The molecule has 112 valence electrons. The lowest BCUT2D eigenvalue weighted by Crippen LogP contribution is -2.58. The summed E-state index contributed by atoms with van der Waals surface area (Å²) in [7, 11) is 0. The molecule has 2 N–H and O–H groups in total. The summed E-state index contributed by atoms with van der Waals surface area (Å²) in [5.74, 6) is -0.194. The van der Waals surface area contributed by atoms with Crippen LogP contribution in [0.25, 0.3) is 0 Å². The molecule has 0 aromatic carbocycles. The summed E-state index contributed by atoms with van der Waals surface area (Å²) in [5.41, 5.74) is 5.48. The molecule has 2 atom stereocenters. The number of nitrogens with zero attached hydrogens (tertiary/aromatic N) is 2. The van der Waals surface area contributed by atoms with E-state index < -0.39 is 0 Å². The zero-order valence-electron chi connectivity index (χ0n) is 12.6. The van der Waals surface area contributed by atoms with Crippen molar-refractivity contribution in [2.24, 2.45) is 5.73 Å². The van der Waals surface area contributed by atoms with Crippen LogP contribution < -0.4 is 5.73 Å². The lowest BCUT2D eigenvalue weighted by Gasteiger charge is -2.43. The molecule has 1 amide bonds. The smallest absolute Gasteiger partial charge is 0.234 e. The minimum absolute atomic E-state index is 0.108. The molecule has 0 aromatic heterocycles. The summed E-state index contributed by atoms with van der Waals surface area (Å²) in [4.78, 5) is 16.2. The van der Waals surface area contributed by atoms with Crippen LogP contribution >= 0.6 is 0 Å². The number of amides is 1. The monoisotopic (exact) mass is 271 g/mol. The third-order valence-electron chi connectivity index (χ3n) is 3.99. The second-order valence-electron chi connectivity index (χ2n) is 5.12. The summed E-state index contributed by atoms with van der Waals surface area (Å²) in [6.07, 6.45) is 1.89. The highest BCUT2D eigenvalue weighted by molar-refractivity contribution is 5.79. The van der Waals surface area contributed by atoms with E-state index in [1.165, 1.54) is 0 Å². The first-order valence-electron chi connectivity index (χ1n) is 7.49. The van der Waals surface area contributed by atoms with Gasteiger partial charge in [-0.15, -0.1) is 0 Å². The Morgan fingerprint density at radius 3 is 2.63 bits per heavy atom. The van der Waals surface area contributed by atoms with Crippen molar-refractivity contribution in [2.75, 3.05) is 39.4 Å². The summed E-state index contributed by atoms with van der Waals surface area (Å²) in [5, 5.41) is 0. The van der Waals surface area contributed by atoms with Gasteiger partial charge in [0, 0.05) is 38.8 Å². The third kappa shape index (κ3) is 4.75. The van der Waals surface area contributed by atoms with Crippen molar-refractivity contribution in [3.05, 3.63) is 0 Å². The molecule has 1 aliphatic rings. The topological polar surface area (TPSA) is 58.8 Å². The van der Waals surface area contributed by atoms with Crippen molar-refractivity contribution in [1.29, 1.82) is 0 Å². The fourth-order valence-corrected chi connectivity index (χ4v) is 2.85. The van der Waals surface area contributed by atoms with Crippen LogP contribution in [0.2, 0.25) is 0 Å². The summed E-state index contributed by atoms with van der Waals surface area (Å²) in [6, 6.07) is 0.394. The Balaban J connectivity index is 2.51. The molecule has 0 spiro atoms. The molecule has 0 saturated carbocycles. The van der Waals surface area contributed by atoms with Gasteiger partial charge in [-0.25, -0.2) is 0 Å². The van der Waals surface area contributed by atoms with Crippen molar-refractivity contribution >= 4 is 5.91 Å². The number of primary amides is 1. The van der Waals surface area contributed by atoms with Crippen LogP contribution in [0.1, 0.15) is 33.6 Å². The van der Waals surface area contributed by atoms with E-state index in [9.17, 15) is 4.79 Å². The second kappa shape index (κ2) is 8.51. The number of carbonyl (C=O) groups is 1. The molecule has 1 aliphatic heterocycles. The van der Waals surface area contributed by atoms with Gasteiger partial charge in [-0.3, -0.25) is 14.6 Å². The Hall–Kier alpha value is -0.650. The number of piperazine rings is 1. The summed E-state index contributed by atoms with van der Waals surface area (Å²) in [6.45, 7) is 11.6. The standard InChI is InChI=1S/C14H29N3O2/c1-4-12-11-17(13(5-2)14(15)18)8-7-16(12)9-10-19-6-3/h12-13H,4-11H2,1-3H3,(H2,15,18). The Bertz CT molecular complexity index is 273. The predicted octanol–water partition coefficient (Wildman–Crippen LogP) is 0.683. The lowest BCUT2D eigenvalue weighted by atomic mass is 10.1. The Morgan fingerprint density at radius 2 is 2.11 bits per heavy atom. The minimum atomic E-state index is -0.194. The SMILES string of the molecule is CCOCCN1CCN(C(CC)C(N)=O)CC1CC. The van der Waals surface area contributed by atoms with Crippen molar-refractivity contribution in [1.82, 2.24) is 9.80 Å². The highest BCUT2D eigenvalue weighted by Gasteiger charge is 2.31. The van der Waals surface area contributed by atoms with Crippen LogP contribution in [0.5, 0.6) is 0 Å². The van der Waals surface area contributed by atoms with E-state index in [1.807, 2.05) is 13.8 Å². The molecule has 0 aliphatic carbocycles. The molecule has 1 fully saturated rings. The van der Waals surface area contributed by atoms with Crippen molar-refractivity contribution < 1.29 is 9.53 Å². The van der Waals surface area contributed by atoms with Gasteiger partial charge in [-0.1, -0.05) is 13.8 Å². The molecule has 5 heteroatoms. The molecule has 0 aromatic rings. The molecule has 19 heavy (non-hydrogen) atoms. The van der Waals surface area contributed by atoms with Gasteiger partial charge in [0.2, 0.25) is 5.91 Å². The van der Waals surface area contributed by atoms with E-state index in [-0.39, 0.29) is 11.9 Å². The van der Waals surface area contributed by atoms with Gasteiger partial charge in [0.05, 0.1) is 12.6 Å². The Kier molecular flexibility index (Phi) is 7.34. The van der Waals surface area contributed by atoms with Gasteiger partial charge in [-0.05, 0) is 19.8 Å². The Labute approximate surface area is 117 Å². The number of nitrogens with two attached hydrogens (primary N) is 1. The molecular formula is C14H29N3O2. The van der Waals surface area contributed by atoms with Crippen molar-refractivity contribution in [3.8, 4) is 0 Å². The van der Waals surface area contributed by atoms with Gasteiger partial charge in [0.25, 0.3) is 0 Å². The number of hydrogen-bond donors (Lipinski definition) is 1. The van der Waals surface area contributed by atoms with Gasteiger partial charge < -0.3 is 10.5 Å². The molecule has 2 unspecified atom stereocenters. The normalized spacial score (nSPS) is 23.4. The molecular weight excluding hydrogens is 242 g/mol. The number of hydrogen-bond acceptors (Lipinski definition) is 4. The fraction of sp³-hybridized carbons (Fsp3) is 0.929. The zero-order valence-corrected chi connectivity index (χ0v) is 12.6.